The second kappa shape index (κ2) is 8.18. The Hall–Kier alpha value is -1.31. The maximum Gasteiger partial charge on any atom is 0.247 e. The summed E-state index contributed by atoms with van der Waals surface area (Å²) in [7, 11) is 3.45. The molecule has 1 aliphatic rings. The van der Waals surface area contributed by atoms with Gasteiger partial charge in [-0.2, -0.15) is 4.31 Å². The lowest BCUT2D eigenvalue weighted by atomic mass is 10.0. The first-order chi connectivity index (χ1) is 11.4. The zero-order valence-corrected chi connectivity index (χ0v) is 15.8. The highest BCUT2D eigenvalue weighted by Crippen LogP contribution is 2.34. The normalized spacial score (nSPS) is 19.5. The van der Waals surface area contributed by atoms with Crippen LogP contribution in [0.3, 0.4) is 0 Å². The van der Waals surface area contributed by atoms with Gasteiger partial charge in [0.15, 0.2) is 0 Å². The van der Waals surface area contributed by atoms with Gasteiger partial charge in [0.1, 0.15) is 16.4 Å². The number of benzene rings is 1. The molecule has 0 radical (unpaired) electrons. The van der Waals surface area contributed by atoms with Gasteiger partial charge in [0.05, 0.1) is 14.2 Å². The van der Waals surface area contributed by atoms with Gasteiger partial charge in [0, 0.05) is 18.7 Å². The van der Waals surface area contributed by atoms with E-state index < -0.39 is 10.0 Å². The Morgan fingerprint density at radius 3 is 2.58 bits per heavy atom. The van der Waals surface area contributed by atoms with Crippen LogP contribution in [0, 0.1) is 0 Å². The van der Waals surface area contributed by atoms with Crippen LogP contribution in [-0.2, 0) is 10.0 Å². The third kappa shape index (κ3) is 4.20. The maximum absolute atomic E-state index is 13.2. The van der Waals surface area contributed by atoms with Crippen LogP contribution < -0.4 is 9.47 Å². The van der Waals surface area contributed by atoms with E-state index in [0.29, 0.717) is 18.0 Å². The number of piperidine rings is 1. The third-order valence-corrected chi connectivity index (χ3v) is 6.43. The summed E-state index contributed by atoms with van der Waals surface area (Å²) < 4.78 is 38.5. The Kier molecular flexibility index (Phi) is 6.48. The molecule has 1 aromatic carbocycles. The Balaban J connectivity index is 2.33. The molecule has 1 aliphatic heterocycles. The zero-order chi connectivity index (χ0) is 17.7. The largest absolute Gasteiger partial charge is 0.497 e. The van der Waals surface area contributed by atoms with E-state index in [-0.39, 0.29) is 10.9 Å². The predicted octanol–water partition coefficient (Wildman–Crippen LogP) is 2.20. The molecule has 0 saturated carbocycles. The summed E-state index contributed by atoms with van der Waals surface area (Å²) in [6, 6.07) is 4.89. The molecule has 1 atom stereocenters. The fourth-order valence-electron chi connectivity index (χ4n) is 3.10. The number of hydrogen-bond acceptors (Lipinski definition) is 5. The Labute approximate surface area is 145 Å². The van der Waals surface area contributed by atoms with E-state index in [1.54, 1.807) is 29.6 Å². The second-order valence-electron chi connectivity index (χ2n) is 6.37. The number of sulfonamides is 1. The lowest BCUT2D eigenvalue weighted by Gasteiger charge is -2.35. The van der Waals surface area contributed by atoms with Gasteiger partial charge >= 0.3 is 0 Å². The van der Waals surface area contributed by atoms with Gasteiger partial charge in [-0.25, -0.2) is 8.42 Å². The van der Waals surface area contributed by atoms with Gasteiger partial charge in [0.25, 0.3) is 0 Å². The van der Waals surface area contributed by atoms with E-state index in [9.17, 15) is 8.42 Å². The average Bonchev–Trinajstić information content (AvgIpc) is 2.59. The van der Waals surface area contributed by atoms with Crippen molar-refractivity contribution in [3.63, 3.8) is 0 Å². The summed E-state index contributed by atoms with van der Waals surface area (Å²) in [4.78, 5) is 2.30. The van der Waals surface area contributed by atoms with E-state index in [1.807, 2.05) is 14.1 Å². The Morgan fingerprint density at radius 2 is 1.96 bits per heavy atom. The molecule has 0 aromatic heterocycles. The van der Waals surface area contributed by atoms with Crippen LogP contribution in [0.4, 0.5) is 0 Å². The van der Waals surface area contributed by atoms with Crippen LogP contribution >= 0.6 is 0 Å². The number of rotatable bonds is 7. The van der Waals surface area contributed by atoms with E-state index in [4.69, 9.17) is 9.47 Å². The molecule has 136 valence electrons. The molecule has 7 heteroatoms. The Bertz CT molecular complexity index is 646. The highest BCUT2D eigenvalue weighted by atomic mass is 32.2. The molecule has 1 unspecified atom stereocenters. The molecular weight excluding hydrogens is 328 g/mol. The van der Waals surface area contributed by atoms with Crippen molar-refractivity contribution in [3.8, 4) is 11.5 Å². The van der Waals surface area contributed by atoms with Crippen LogP contribution in [-0.4, -0.2) is 65.1 Å². The van der Waals surface area contributed by atoms with Crippen molar-refractivity contribution in [3.05, 3.63) is 18.2 Å². The van der Waals surface area contributed by atoms with Gasteiger partial charge in [-0.3, -0.25) is 0 Å². The summed E-state index contributed by atoms with van der Waals surface area (Å²) in [6.07, 6.45) is 3.72. The molecule has 0 bridgehead atoms. The summed E-state index contributed by atoms with van der Waals surface area (Å²) in [5, 5.41) is 0. The number of methoxy groups -OCH3 is 2. The first-order valence-electron chi connectivity index (χ1n) is 8.28. The fourth-order valence-corrected chi connectivity index (χ4v) is 4.96. The van der Waals surface area contributed by atoms with E-state index >= 15 is 0 Å². The molecular formula is C17H28N2O4S. The number of hydrogen-bond donors (Lipinski definition) is 0. The first-order valence-corrected chi connectivity index (χ1v) is 9.72. The van der Waals surface area contributed by atoms with Crippen molar-refractivity contribution in [2.24, 2.45) is 0 Å². The molecule has 2 rings (SSSR count). The maximum atomic E-state index is 13.2. The minimum atomic E-state index is -3.59. The van der Waals surface area contributed by atoms with Gasteiger partial charge < -0.3 is 14.4 Å². The smallest absolute Gasteiger partial charge is 0.247 e. The van der Waals surface area contributed by atoms with Crippen molar-refractivity contribution < 1.29 is 17.9 Å². The van der Waals surface area contributed by atoms with Gasteiger partial charge in [-0.15, -0.1) is 0 Å². The molecule has 0 spiro atoms. The van der Waals surface area contributed by atoms with E-state index in [1.165, 1.54) is 7.11 Å². The average molecular weight is 356 g/mol. The van der Waals surface area contributed by atoms with Gasteiger partial charge in [0.2, 0.25) is 10.0 Å². The van der Waals surface area contributed by atoms with Crippen LogP contribution in [0.5, 0.6) is 11.5 Å². The van der Waals surface area contributed by atoms with Crippen molar-refractivity contribution in [2.45, 2.75) is 36.6 Å². The van der Waals surface area contributed by atoms with Gasteiger partial charge in [-0.1, -0.05) is 6.42 Å². The molecule has 1 aromatic rings. The lowest BCUT2D eigenvalue weighted by molar-refractivity contribution is 0.222. The van der Waals surface area contributed by atoms with Crippen molar-refractivity contribution >= 4 is 10.0 Å². The van der Waals surface area contributed by atoms with E-state index in [2.05, 4.69) is 4.90 Å². The second-order valence-corrected chi connectivity index (χ2v) is 8.23. The predicted molar refractivity (Wildman–Crippen MR) is 94.2 cm³/mol. The molecule has 0 aliphatic carbocycles. The summed E-state index contributed by atoms with van der Waals surface area (Å²) in [6.45, 7) is 1.44. The van der Waals surface area contributed by atoms with Gasteiger partial charge in [-0.05, 0) is 52.0 Å². The number of ether oxygens (including phenoxy) is 2. The molecule has 1 fully saturated rings. The monoisotopic (exact) mass is 356 g/mol. The van der Waals surface area contributed by atoms with Crippen molar-refractivity contribution in [1.29, 1.82) is 0 Å². The summed E-state index contributed by atoms with van der Waals surface area (Å²) in [5.74, 6) is 0.903. The van der Waals surface area contributed by atoms with E-state index in [0.717, 1.165) is 32.2 Å². The molecule has 0 N–H and O–H groups in total. The minimum absolute atomic E-state index is 0.0398. The van der Waals surface area contributed by atoms with Crippen molar-refractivity contribution in [1.82, 2.24) is 9.21 Å². The minimum Gasteiger partial charge on any atom is -0.497 e. The zero-order valence-electron chi connectivity index (χ0n) is 15.0. The molecule has 1 saturated heterocycles. The lowest BCUT2D eigenvalue weighted by Crippen LogP contribution is -2.44. The molecule has 0 amide bonds. The Morgan fingerprint density at radius 1 is 1.21 bits per heavy atom. The van der Waals surface area contributed by atoms with Crippen molar-refractivity contribution in [2.75, 3.05) is 41.4 Å². The van der Waals surface area contributed by atoms with Crippen LogP contribution in [0.25, 0.3) is 0 Å². The van der Waals surface area contributed by atoms with Crippen LogP contribution in [0.15, 0.2) is 23.1 Å². The molecule has 6 nitrogen and oxygen atoms in total. The highest BCUT2D eigenvalue weighted by Gasteiger charge is 2.35. The molecule has 24 heavy (non-hydrogen) atoms. The number of nitrogens with zero attached hydrogens (tertiary/aromatic N) is 2. The topological polar surface area (TPSA) is 59.1 Å². The SMILES string of the molecule is COc1ccc(S(=O)(=O)N2CCCCC2CCN(C)C)c(OC)c1. The summed E-state index contributed by atoms with van der Waals surface area (Å²) >= 11 is 0. The third-order valence-electron chi connectivity index (χ3n) is 4.44. The quantitative estimate of drug-likeness (QED) is 0.750. The molecule has 1 heterocycles. The fraction of sp³-hybridized carbons (Fsp3) is 0.647. The summed E-state index contributed by atoms with van der Waals surface area (Å²) in [5.41, 5.74) is 0. The van der Waals surface area contributed by atoms with Crippen LogP contribution in [0.1, 0.15) is 25.7 Å². The standard InChI is InChI=1S/C17H28N2O4S/c1-18(2)12-10-14-7-5-6-11-19(14)24(20,21)17-9-8-15(22-3)13-16(17)23-4/h8-9,13-14H,5-7,10-12H2,1-4H3. The highest BCUT2D eigenvalue weighted by molar-refractivity contribution is 7.89. The first kappa shape index (κ1) is 19.0. The van der Waals surface area contributed by atoms with Crippen LogP contribution in [0.2, 0.25) is 0 Å².